The van der Waals surface area contributed by atoms with E-state index in [0.717, 1.165) is 11.3 Å². The highest BCUT2D eigenvalue weighted by Gasteiger charge is 1.98. The molecule has 0 aliphatic rings. The van der Waals surface area contributed by atoms with E-state index in [4.69, 9.17) is 0 Å². The zero-order chi connectivity index (χ0) is 24.4. The van der Waals surface area contributed by atoms with Crippen LogP contribution in [0.25, 0.3) is 45.8 Å². The highest BCUT2D eigenvalue weighted by atomic mass is 14.7. The average Bonchev–Trinajstić information content (AvgIpc) is 2.96. The molecule has 2 heterocycles. The van der Waals surface area contributed by atoms with Gasteiger partial charge in [-0.15, -0.1) is 0 Å². The minimum Gasteiger partial charge on any atom is -0.263 e. The quantitative estimate of drug-likeness (QED) is 0.261. The van der Waals surface area contributed by atoms with Crippen LogP contribution in [-0.2, 0) is 0 Å². The van der Waals surface area contributed by atoms with Crippen LogP contribution in [-0.4, -0.2) is 9.97 Å². The molecule has 2 aromatic heterocycles. The summed E-state index contributed by atoms with van der Waals surface area (Å²) in [5, 5.41) is 4.82. The summed E-state index contributed by atoms with van der Waals surface area (Å²) in [5.74, 6) is 0. The average molecular weight is 463 g/mol. The number of aromatic nitrogens is 2. The summed E-state index contributed by atoms with van der Waals surface area (Å²) in [4.78, 5) is 8.71. The molecule has 172 valence electrons. The molecule has 0 aliphatic heterocycles. The van der Waals surface area contributed by atoms with Crippen LogP contribution in [0.15, 0.2) is 134 Å². The SMILES string of the molecule is C(=Cc1cncc2ccccc12)c1ccccc1.C(=Cc1nccc2ccccc12)c1ccccc1. The molecule has 6 aromatic rings. The van der Waals surface area contributed by atoms with E-state index < -0.39 is 0 Å². The minimum absolute atomic E-state index is 1.01. The molecule has 2 heteroatoms. The normalized spacial score (nSPS) is 11.1. The van der Waals surface area contributed by atoms with Crippen LogP contribution in [0.2, 0.25) is 0 Å². The van der Waals surface area contributed by atoms with Crippen molar-refractivity contribution in [1.82, 2.24) is 9.97 Å². The topological polar surface area (TPSA) is 25.8 Å². The summed E-state index contributed by atoms with van der Waals surface area (Å²) in [7, 11) is 0. The summed E-state index contributed by atoms with van der Waals surface area (Å²) >= 11 is 0. The standard InChI is InChI=1S/2C17H13N/c1-2-6-14(7-3-1)10-11-16-13-18-12-15-8-4-5-9-17(15)16;1-2-6-14(7-3-1)10-11-17-16-9-5-4-8-15(16)12-13-18-17/h2*1-13H. The molecule has 0 unspecified atom stereocenters. The van der Waals surface area contributed by atoms with Gasteiger partial charge in [-0.1, -0.05) is 127 Å². The van der Waals surface area contributed by atoms with Gasteiger partial charge in [0, 0.05) is 34.9 Å². The van der Waals surface area contributed by atoms with E-state index in [2.05, 4.69) is 88.9 Å². The van der Waals surface area contributed by atoms with Gasteiger partial charge >= 0.3 is 0 Å². The molecule has 0 aliphatic carbocycles. The predicted molar refractivity (Wildman–Crippen MR) is 154 cm³/mol. The first kappa shape index (κ1) is 22.9. The summed E-state index contributed by atoms with van der Waals surface area (Å²) in [6.07, 6.45) is 14.0. The van der Waals surface area contributed by atoms with Gasteiger partial charge in [0.1, 0.15) is 0 Å². The maximum atomic E-state index is 4.44. The van der Waals surface area contributed by atoms with Crippen molar-refractivity contribution in [3.05, 3.63) is 156 Å². The van der Waals surface area contributed by atoms with Gasteiger partial charge in [0.05, 0.1) is 5.69 Å². The third-order valence-corrected chi connectivity index (χ3v) is 5.89. The van der Waals surface area contributed by atoms with Crippen molar-refractivity contribution in [2.75, 3.05) is 0 Å². The van der Waals surface area contributed by atoms with Gasteiger partial charge in [-0.25, -0.2) is 0 Å². The van der Waals surface area contributed by atoms with E-state index in [1.807, 2.05) is 79.3 Å². The number of fused-ring (bicyclic) bond motifs is 2. The molecule has 4 aromatic carbocycles. The fourth-order valence-electron chi connectivity index (χ4n) is 4.04. The van der Waals surface area contributed by atoms with Crippen molar-refractivity contribution in [3.8, 4) is 0 Å². The lowest BCUT2D eigenvalue weighted by Crippen LogP contribution is -1.82. The van der Waals surface area contributed by atoms with Crippen molar-refractivity contribution in [1.29, 1.82) is 0 Å². The highest BCUT2D eigenvalue weighted by Crippen LogP contribution is 2.20. The zero-order valence-electron chi connectivity index (χ0n) is 19.9. The fraction of sp³-hybridized carbons (Fsp3) is 0. The maximum Gasteiger partial charge on any atom is 0.0708 e. The van der Waals surface area contributed by atoms with E-state index in [9.17, 15) is 0 Å². The van der Waals surface area contributed by atoms with Crippen LogP contribution in [0.3, 0.4) is 0 Å². The molecule has 0 atom stereocenters. The van der Waals surface area contributed by atoms with Gasteiger partial charge in [-0.3, -0.25) is 9.97 Å². The molecule has 2 nitrogen and oxygen atoms in total. The Bertz CT molecular complexity index is 1480. The van der Waals surface area contributed by atoms with Gasteiger partial charge in [0.2, 0.25) is 0 Å². The van der Waals surface area contributed by atoms with E-state index in [0.29, 0.717) is 0 Å². The molecule has 0 saturated heterocycles. The van der Waals surface area contributed by atoms with Crippen molar-refractivity contribution >= 4 is 45.8 Å². The summed E-state index contributed by atoms with van der Waals surface area (Å²) < 4.78 is 0. The lowest BCUT2D eigenvalue weighted by atomic mass is 10.1. The van der Waals surface area contributed by atoms with Gasteiger partial charge in [0.15, 0.2) is 0 Å². The molecular formula is C34H26N2. The largest absolute Gasteiger partial charge is 0.263 e. The Morgan fingerprint density at radius 1 is 0.444 bits per heavy atom. The maximum absolute atomic E-state index is 4.44. The van der Waals surface area contributed by atoms with Crippen LogP contribution in [0.1, 0.15) is 22.4 Å². The highest BCUT2D eigenvalue weighted by molar-refractivity contribution is 5.92. The number of rotatable bonds is 4. The first-order valence-electron chi connectivity index (χ1n) is 12.0. The lowest BCUT2D eigenvalue weighted by Gasteiger charge is -2.00. The molecular weight excluding hydrogens is 436 g/mol. The fourth-order valence-corrected chi connectivity index (χ4v) is 4.04. The first-order valence-corrected chi connectivity index (χ1v) is 12.0. The second-order valence-corrected chi connectivity index (χ2v) is 8.36. The zero-order valence-corrected chi connectivity index (χ0v) is 19.9. The molecule has 0 saturated carbocycles. The van der Waals surface area contributed by atoms with E-state index >= 15 is 0 Å². The summed E-state index contributed by atoms with van der Waals surface area (Å²) in [5.41, 5.74) is 4.55. The van der Waals surface area contributed by atoms with Gasteiger partial charge < -0.3 is 0 Å². The summed E-state index contributed by atoms with van der Waals surface area (Å²) in [6, 6.07) is 39.2. The Morgan fingerprint density at radius 3 is 1.75 bits per heavy atom. The second-order valence-electron chi connectivity index (χ2n) is 8.36. The number of nitrogens with zero attached hydrogens (tertiary/aromatic N) is 2. The molecule has 0 amide bonds. The van der Waals surface area contributed by atoms with Crippen LogP contribution in [0.5, 0.6) is 0 Å². The van der Waals surface area contributed by atoms with Gasteiger partial charge in [-0.2, -0.15) is 0 Å². The minimum atomic E-state index is 1.01. The molecule has 6 rings (SSSR count). The number of pyridine rings is 2. The van der Waals surface area contributed by atoms with Crippen molar-refractivity contribution in [3.63, 3.8) is 0 Å². The monoisotopic (exact) mass is 462 g/mol. The van der Waals surface area contributed by atoms with E-state index in [1.54, 1.807) is 0 Å². The molecule has 0 spiro atoms. The van der Waals surface area contributed by atoms with Crippen molar-refractivity contribution in [2.45, 2.75) is 0 Å². The van der Waals surface area contributed by atoms with Gasteiger partial charge in [0.25, 0.3) is 0 Å². The number of hydrogen-bond acceptors (Lipinski definition) is 2. The predicted octanol–water partition coefficient (Wildman–Crippen LogP) is 8.81. The Morgan fingerprint density at radius 2 is 1.03 bits per heavy atom. The Hall–Kier alpha value is -4.82. The van der Waals surface area contributed by atoms with Crippen LogP contribution in [0.4, 0.5) is 0 Å². The van der Waals surface area contributed by atoms with E-state index in [1.165, 1.54) is 32.7 Å². The van der Waals surface area contributed by atoms with Crippen LogP contribution < -0.4 is 0 Å². The number of benzene rings is 4. The second kappa shape index (κ2) is 11.5. The Kier molecular flexibility index (Phi) is 7.36. The Labute approximate surface area is 211 Å². The first-order chi connectivity index (χ1) is 17.9. The lowest BCUT2D eigenvalue weighted by molar-refractivity contribution is 1.33. The molecule has 0 fully saturated rings. The van der Waals surface area contributed by atoms with Gasteiger partial charge in [-0.05, 0) is 34.0 Å². The van der Waals surface area contributed by atoms with Crippen molar-refractivity contribution in [2.24, 2.45) is 0 Å². The van der Waals surface area contributed by atoms with E-state index in [-0.39, 0.29) is 0 Å². The van der Waals surface area contributed by atoms with Crippen LogP contribution >= 0.6 is 0 Å². The number of hydrogen-bond donors (Lipinski definition) is 0. The third-order valence-electron chi connectivity index (χ3n) is 5.89. The smallest absolute Gasteiger partial charge is 0.0708 e. The molecule has 0 N–H and O–H groups in total. The third kappa shape index (κ3) is 5.81. The molecule has 36 heavy (non-hydrogen) atoms. The Balaban J connectivity index is 0.000000148. The van der Waals surface area contributed by atoms with Crippen LogP contribution in [0, 0.1) is 0 Å². The summed E-state index contributed by atoms with van der Waals surface area (Å²) in [6.45, 7) is 0. The van der Waals surface area contributed by atoms with Crippen molar-refractivity contribution < 1.29 is 0 Å². The molecule has 0 radical (unpaired) electrons. The molecule has 0 bridgehead atoms.